The fourth-order valence-electron chi connectivity index (χ4n) is 3.20. The molecule has 0 saturated carbocycles. The van der Waals surface area contributed by atoms with Gasteiger partial charge in [0.05, 0.1) is 0 Å². The quantitative estimate of drug-likeness (QED) is 0.755. The molecule has 2 heterocycles. The number of piperidine rings is 1. The minimum Gasteiger partial charge on any atom is -0.489 e. The van der Waals surface area contributed by atoms with Gasteiger partial charge in [-0.25, -0.2) is 0 Å². The van der Waals surface area contributed by atoms with Gasteiger partial charge in [-0.2, -0.15) is 5.10 Å². The molecule has 0 bridgehead atoms. The van der Waals surface area contributed by atoms with Crippen LogP contribution >= 0.6 is 0 Å². The molecule has 6 nitrogen and oxygen atoms in total. The standard InChI is InChI=1S/C19H24N4O2/c1-2-14-25-17-7-4-3-6-16(17)15-21-18(24)19(8-11-20-12-9-19)23-13-5-10-22-23/h2-7,10,13,20H,1,8-9,11-12,14-15H2,(H,21,24). The van der Waals surface area contributed by atoms with Crippen LogP contribution in [0, 0.1) is 0 Å². The summed E-state index contributed by atoms with van der Waals surface area (Å²) < 4.78 is 7.46. The second-order valence-corrected chi connectivity index (χ2v) is 6.12. The van der Waals surface area contributed by atoms with Gasteiger partial charge in [-0.05, 0) is 38.1 Å². The summed E-state index contributed by atoms with van der Waals surface area (Å²) in [4.78, 5) is 13.1. The van der Waals surface area contributed by atoms with Crippen molar-refractivity contribution in [2.24, 2.45) is 0 Å². The van der Waals surface area contributed by atoms with Gasteiger partial charge in [0.2, 0.25) is 5.91 Å². The Bertz CT molecular complexity index is 706. The van der Waals surface area contributed by atoms with E-state index in [4.69, 9.17) is 4.74 Å². The molecule has 1 aromatic carbocycles. The maximum Gasteiger partial charge on any atom is 0.248 e. The van der Waals surface area contributed by atoms with E-state index in [2.05, 4.69) is 22.3 Å². The monoisotopic (exact) mass is 340 g/mol. The highest BCUT2D eigenvalue weighted by Gasteiger charge is 2.41. The third kappa shape index (κ3) is 3.74. The highest BCUT2D eigenvalue weighted by Crippen LogP contribution is 2.27. The van der Waals surface area contributed by atoms with Gasteiger partial charge in [0.15, 0.2) is 0 Å². The molecule has 132 valence electrons. The number of nitrogens with zero attached hydrogens (tertiary/aromatic N) is 2. The van der Waals surface area contributed by atoms with Crippen LogP contribution in [0.1, 0.15) is 18.4 Å². The average Bonchev–Trinajstić information content (AvgIpc) is 3.21. The molecule has 6 heteroatoms. The van der Waals surface area contributed by atoms with Crippen LogP contribution in [0.2, 0.25) is 0 Å². The summed E-state index contributed by atoms with van der Waals surface area (Å²) in [6.07, 6.45) is 6.73. The van der Waals surface area contributed by atoms with E-state index in [9.17, 15) is 4.79 Å². The highest BCUT2D eigenvalue weighted by molar-refractivity contribution is 5.84. The Hall–Kier alpha value is -2.60. The predicted octanol–water partition coefficient (Wildman–Crippen LogP) is 1.84. The third-order valence-electron chi connectivity index (χ3n) is 4.57. The van der Waals surface area contributed by atoms with Crippen LogP contribution in [0.4, 0.5) is 0 Å². The normalized spacial score (nSPS) is 16.2. The smallest absolute Gasteiger partial charge is 0.248 e. The van der Waals surface area contributed by atoms with E-state index in [0.29, 0.717) is 13.2 Å². The van der Waals surface area contributed by atoms with Crippen molar-refractivity contribution in [2.75, 3.05) is 19.7 Å². The van der Waals surface area contributed by atoms with E-state index < -0.39 is 5.54 Å². The molecule has 25 heavy (non-hydrogen) atoms. The fourth-order valence-corrected chi connectivity index (χ4v) is 3.20. The predicted molar refractivity (Wildman–Crippen MR) is 96.3 cm³/mol. The number of para-hydroxylation sites is 1. The molecule has 1 amide bonds. The van der Waals surface area contributed by atoms with Gasteiger partial charge in [-0.1, -0.05) is 30.9 Å². The molecule has 1 aliphatic heterocycles. The Labute approximate surface area is 147 Å². The number of amides is 1. The molecule has 1 aromatic heterocycles. The van der Waals surface area contributed by atoms with Crippen molar-refractivity contribution in [2.45, 2.75) is 24.9 Å². The molecule has 3 rings (SSSR count). The number of hydrogen-bond donors (Lipinski definition) is 2. The second kappa shape index (κ2) is 7.98. The lowest BCUT2D eigenvalue weighted by Crippen LogP contribution is -2.54. The van der Waals surface area contributed by atoms with Gasteiger partial charge in [-0.15, -0.1) is 0 Å². The van der Waals surface area contributed by atoms with Gasteiger partial charge in [-0.3, -0.25) is 9.48 Å². The number of ether oxygens (including phenoxy) is 1. The van der Waals surface area contributed by atoms with Crippen molar-refractivity contribution in [1.82, 2.24) is 20.4 Å². The Morgan fingerprint density at radius 2 is 2.16 bits per heavy atom. The Morgan fingerprint density at radius 1 is 1.36 bits per heavy atom. The number of carbonyl (C=O) groups is 1. The zero-order valence-electron chi connectivity index (χ0n) is 14.3. The first kappa shape index (κ1) is 17.2. The summed E-state index contributed by atoms with van der Waals surface area (Å²) in [5, 5.41) is 10.7. The van der Waals surface area contributed by atoms with Gasteiger partial charge in [0.25, 0.3) is 0 Å². The van der Waals surface area contributed by atoms with Crippen molar-refractivity contribution < 1.29 is 9.53 Å². The molecule has 2 aromatic rings. The fraction of sp³-hybridized carbons (Fsp3) is 0.368. The molecule has 1 aliphatic rings. The Kier molecular flexibility index (Phi) is 5.50. The highest BCUT2D eigenvalue weighted by atomic mass is 16.5. The molecule has 0 unspecified atom stereocenters. The summed E-state index contributed by atoms with van der Waals surface area (Å²) in [6.45, 7) is 6.12. The zero-order valence-corrected chi connectivity index (χ0v) is 14.3. The van der Waals surface area contributed by atoms with Crippen LogP contribution in [0.5, 0.6) is 5.75 Å². The topological polar surface area (TPSA) is 68.2 Å². The first-order valence-electron chi connectivity index (χ1n) is 8.57. The van der Waals surface area contributed by atoms with Crippen molar-refractivity contribution in [3.05, 3.63) is 60.9 Å². The molecule has 0 spiro atoms. The van der Waals surface area contributed by atoms with Crippen molar-refractivity contribution >= 4 is 5.91 Å². The van der Waals surface area contributed by atoms with E-state index in [1.54, 1.807) is 17.0 Å². The molecule has 0 aliphatic carbocycles. The first-order chi connectivity index (χ1) is 12.3. The van der Waals surface area contributed by atoms with Crippen molar-refractivity contribution in [3.63, 3.8) is 0 Å². The summed E-state index contributed by atoms with van der Waals surface area (Å²) in [7, 11) is 0. The van der Waals surface area contributed by atoms with Crippen LogP contribution in [0.15, 0.2) is 55.4 Å². The lowest BCUT2D eigenvalue weighted by Gasteiger charge is -2.36. The lowest BCUT2D eigenvalue weighted by atomic mass is 9.87. The van der Waals surface area contributed by atoms with Crippen LogP contribution < -0.4 is 15.4 Å². The number of benzene rings is 1. The first-order valence-corrected chi connectivity index (χ1v) is 8.57. The maximum atomic E-state index is 13.1. The SMILES string of the molecule is C=CCOc1ccccc1CNC(=O)C1(n2cccn2)CCNCC1. The number of rotatable bonds is 7. The molecule has 0 atom stereocenters. The van der Waals surface area contributed by atoms with E-state index in [1.165, 1.54) is 0 Å². The lowest BCUT2D eigenvalue weighted by molar-refractivity contribution is -0.132. The van der Waals surface area contributed by atoms with Gasteiger partial charge in [0.1, 0.15) is 17.9 Å². The molecule has 1 fully saturated rings. The van der Waals surface area contributed by atoms with E-state index >= 15 is 0 Å². The molecule has 1 saturated heterocycles. The minimum atomic E-state index is -0.633. The zero-order chi connectivity index (χ0) is 17.5. The third-order valence-corrected chi connectivity index (χ3v) is 4.57. The van der Waals surface area contributed by atoms with Crippen LogP contribution in [0.3, 0.4) is 0 Å². The summed E-state index contributed by atoms with van der Waals surface area (Å²) in [5.41, 5.74) is 0.313. The van der Waals surface area contributed by atoms with Crippen molar-refractivity contribution in [1.29, 1.82) is 0 Å². The Balaban J connectivity index is 1.74. The van der Waals surface area contributed by atoms with Crippen LogP contribution in [0.25, 0.3) is 0 Å². The number of carbonyl (C=O) groups excluding carboxylic acids is 1. The number of hydrogen-bond acceptors (Lipinski definition) is 4. The van der Waals surface area contributed by atoms with E-state index in [0.717, 1.165) is 37.2 Å². The molecular formula is C19H24N4O2. The average molecular weight is 340 g/mol. The van der Waals surface area contributed by atoms with Crippen LogP contribution in [-0.4, -0.2) is 35.4 Å². The summed E-state index contributed by atoms with van der Waals surface area (Å²) >= 11 is 0. The number of nitrogens with one attached hydrogen (secondary N) is 2. The van der Waals surface area contributed by atoms with Crippen LogP contribution in [-0.2, 0) is 16.9 Å². The summed E-state index contributed by atoms with van der Waals surface area (Å²) in [6, 6.07) is 9.58. The van der Waals surface area contributed by atoms with Gasteiger partial charge < -0.3 is 15.4 Å². The molecule has 0 radical (unpaired) electrons. The molecule has 2 N–H and O–H groups in total. The van der Waals surface area contributed by atoms with E-state index in [1.807, 2.05) is 36.5 Å². The largest absolute Gasteiger partial charge is 0.489 e. The summed E-state index contributed by atoms with van der Waals surface area (Å²) in [5.74, 6) is 0.761. The van der Waals surface area contributed by atoms with Gasteiger partial charge in [0, 0.05) is 24.5 Å². The molecular weight excluding hydrogens is 316 g/mol. The second-order valence-electron chi connectivity index (χ2n) is 6.12. The maximum absolute atomic E-state index is 13.1. The number of aromatic nitrogens is 2. The van der Waals surface area contributed by atoms with Gasteiger partial charge >= 0.3 is 0 Å². The minimum absolute atomic E-state index is 0.00350. The Morgan fingerprint density at radius 3 is 2.88 bits per heavy atom. The van der Waals surface area contributed by atoms with Crippen molar-refractivity contribution in [3.8, 4) is 5.75 Å². The van der Waals surface area contributed by atoms with E-state index in [-0.39, 0.29) is 5.91 Å².